The van der Waals surface area contributed by atoms with Gasteiger partial charge in [0.05, 0.1) is 26.2 Å². The third kappa shape index (κ3) is 2.84. The molecule has 3 saturated heterocycles. The fourth-order valence-corrected chi connectivity index (χ4v) is 4.56. The van der Waals surface area contributed by atoms with Crippen LogP contribution < -0.4 is 4.74 Å². The summed E-state index contributed by atoms with van der Waals surface area (Å²) in [6, 6.07) is 8.14. The van der Waals surface area contributed by atoms with Crippen LogP contribution in [0, 0.1) is 5.92 Å². The van der Waals surface area contributed by atoms with Gasteiger partial charge >= 0.3 is 6.09 Å². The standard InChI is InChI=1S/C20H25N3O4/c1-26-16-6-2-14(3-7-16)10-21-8-9-23-17(11-21)20(27-19(23)25)12-22(13-20)18(24)15-4-5-15/h2-3,6-7,15,17H,4-5,8-13H2,1H3. The summed E-state index contributed by atoms with van der Waals surface area (Å²) in [5.74, 6) is 1.31. The molecule has 1 saturated carbocycles. The number of methoxy groups -OCH3 is 1. The zero-order valence-electron chi connectivity index (χ0n) is 15.6. The molecule has 2 amide bonds. The average molecular weight is 371 g/mol. The van der Waals surface area contributed by atoms with Crippen LogP contribution in [0.15, 0.2) is 24.3 Å². The molecule has 7 nitrogen and oxygen atoms in total. The monoisotopic (exact) mass is 371 g/mol. The largest absolute Gasteiger partial charge is 0.497 e. The fraction of sp³-hybridized carbons (Fsp3) is 0.600. The lowest BCUT2D eigenvalue weighted by molar-refractivity contribution is -0.157. The van der Waals surface area contributed by atoms with E-state index in [0.29, 0.717) is 19.6 Å². The molecule has 1 unspecified atom stereocenters. The number of carbonyl (C=O) groups is 2. The minimum absolute atomic E-state index is 0.0280. The third-order valence-corrected chi connectivity index (χ3v) is 6.32. The zero-order valence-corrected chi connectivity index (χ0v) is 15.6. The number of benzene rings is 1. The van der Waals surface area contributed by atoms with Gasteiger partial charge in [0.15, 0.2) is 5.60 Å². The summed E-state index contributed by atoms with van der Waals surface area (Å²) in [5, 5.41) is 0. The van der Waals surface area contributed by atoms with Crippen LogP contribution in [0.3, 0.4) is 0 Å². The van der Waals surface area contributed by atoms with Crippen molar-refractivity contribution in [2.75, 3.05) is 39.8 Å². The first-order valence-electron chi connectivity index (χ1n) is 9.72. The molecule has 0 N–H and O–H groups in total. The highest BCUT2D eigenvalue weighted by molar-refractivity contribution is 5.83. The number of amides is 2. The van der Waals surface area contributed by atoms with Crippen LogP contribution in [0.5, 0.6) is 5.75 Å². The molecule has 5 rings (SSSR count). The van der Waals surface area contributed by atoms with Gasteiger partial charge < -0.3 is 14.4 Å². The normalized spacial score (nSPS) is 26.6. The SMILES string of the molecule is COc1ccc(CN2CCN3C(=O)OC4(CN(C(=O)C5CC5)C4)C3C2)cc1. The molecule has 1 aromatic rings. The molecule has 0 radical (unpaired) electrons. The van der Waals surface area contributed by atoms with Gasteiger partial charge in [0.1, 0.15) is 5.75 Å². The second kappa shape index (κ2) is 6.12. The van der Waals surface area contributed by atoms with Crippen molar-refractivity contribution in [3.8, 4) is 5.75 Å². The van der Waals surface area contributed by atoms with Gasteiger partial charge in [0, 0.05) is 32.1 Å². The highest BCUT2D eigenvalue weighted by atomic mass is 16.6. The van der Waals surface area contributed by atoms with Gasteiger partial charge in [-0.15, -0.1) is 0 Å². The lowest BCUT2D eigenvalue weighted by atomic mass is 9.84. The Morgan fingerprint density at radius 1 is 1.22 bits per heavy atom. The number of carbonyl (C=O) groups excluding carboxylic acids is 2. The first kappa shape index (κ1) is 16.9. The van der Waals surface area contributed by atoms with Crippen molar-refractivity contribution in [2.24, 2.45) is 5.92 Å². The molecular formula is C20H25N3O4. The van der Waals surface area contributed by atoms with Crippen LogP contribution in [0.1, 0.15) is 18.4 Å². The van der Waals surface area contributed by atoms with Gasteiger partial charge in [-0.25, -0.2) is 4.79 Å². The zero-order chi connectivity index (χ0) is 18.6. The molecule has 4 fully saturated rings. The van der Waals surface area contributed by atoms with E-state index in [1.54, 1.807) is 7.11 Å². The molecule has 144 valence electrons. The Labute approximate surface area is 158 Å². The van der Waals surface area contributed by atoms with E-state index in [1.807, 2.05) is 21.9 Å². The van der Waals surface area contributed by atoms with Crippen LogP contribution in [-0.2, 0) is 16.1 Å². The lowest BCUT2D eigenvalue weighted by Crippen LogP contribution is -2.72. The van der Waals surface area contributed by atoms with E-state index in [-0.39, 0.29) is 24.0 Å². The number of hydrogen-bond donors (Lipinski definition) is 0. The van der Waals surface area contributed by atoms with E-state index in [0.717, 1.165) is 38.2 Å². The first-order chi connectivity index (χ1) is 13.1. The average Bonchev–Trinajstić information content (AvgIpc) is 3.45. The predicted octanol–water partition coefficient (Wildman–Crippen LogP) is 1.32. The molecule has 27 heavy (non-hydrogen) atoms. The van der Waals surface area contributed by atoms with Gasteiger partial charge in [-0.3, -0.25) is 14.6 Å². The van der Waals surface area contributed by atoms with Crippen molar-refractivity contribution in [2.45, 2.75) is 31.0 Å². The van der Waals surface area contributed by atoms with E-state index in [4.69, 9.17) is 9.47 Å². The molecule has 1 aliphatic carbocycles. The summed E-state index contributed by atoms with van der Waals surface area (Å²) in [6.45, 7) is 4.22. The maximum Gasteiger partial charge on any atom is 0.411 e. The molecule has 1 spiro atoms. The van der Waals surface area contributed by atoms with Crippen LogP contribution in [0.4, 0.5) is 4.79 Å². The number of likely N-dealkylation sites (tertiary alicyclic amines) is 1. The fourth-order valence-electron chi connectivity index (χ4n) is 4.56. The van der Waals surface area contributed by atoms with Gasteiger partial charge in [-0.05, 0) is 30.5 Å². The Kier molecular flexibility index (Phi) is 3.82. The summed E-state index contributed by atoms with van der Waals surface area (Å²) < 4.78 is 11.0. The molecule has 3 aliphatic heterocycles. The summed E-state index contributed by atoms with van der Waals surface area (Å²) in [4.78, 5) is 30.7. The van der Waals surface area contributed by atoms with Crippen LogP contribution >= 0.6 is 0 Å². The minimum atomic E-state index is -0.514. The number of hydrogen-bond acceptors (Lipinski definition) is 5. The van der Waals surface area contributed by atoms with Crippen molar-refractivity contribution in [1.82, 2.24) is 14.7 Å². The molecule has 0 aromatic heterocycles. The summed E-state index contributed by atoms with van der Waals surface area (Å²) in [6.07, 6.45) is 1.79. The molecular weight excluding hydrogens is 346 g/mol. The van der Waals surface area contributed by atoms with E-state index < -0.39 is 5.60 Å². The topological polar surface area (TPSA) is 62.3 Å². The molecule has 3 heterocycles. The van der Waals surface area contributed by atoms with Crippen LogP contribution in [0.25, 0.3) is 0 Å². The maximum absolute atomic E-state index is 12.3. The van der Waals surface area contributed by atoms with Gasteiger partial charge in [-0.1, -0.05) is 12.1 Å². The lowest BCUT2D eigenvalue weighted by Gasteiger charge is -2.51. The van der Waals surface area contributed by atoms with Crippen molar-refractivity contribution < 1.29 is 19.1 Å². The highest BCUT2D eigenvalue weighted by Gasteiger charge is 2.63. The van der Waals surface area contributed by atoms with E-state index in [1.165, 1.54) is 5.56 Å². The Hall–Kier alpha value is -2.28. The highest BCUT2D eigenvalue weighted by Crippen LogP contribution is 2.42. The Morgan fingerprint density at radius 3 is 2.63 bits per heavy atom. The van der Waals surface area contributed by atoms with Crippen molar-refractivity contribution in [1.29, 1.82) is 0 Å². The predicted molar refractivity (Wildman–Crippen MR) is 97.3 cm³/mol. The minimum Gasteiger partial charge on any atom is -0.497 e. The first-order valence-corrected chi connectivity index (χ1v) is 9.72. The molecule has 1 atom stereocenters. The molecule has 4 aliphatic rings. The Morgan fingerprint density at radius 2 is 1.96 bits per heavy atom. The van der Waals surface area contributed by atoms with Gasteiger partial charge in [0.25, 0.3) is 0 Å². The smallest absolute Gasteiger partial charge is 0.411 e. The summed E-state index contributed by atoms with van der Waals surface area (Å²) >= 11 is 0. The Bertz CT molecular complexity index is 755. The Balaban J connectivity index is 1.26. The molecule has 1 aromatic carbocycles. The molecule has 7 heteroatoms. The number of ether oxygens (including phenoxy) is 2. The van der Waals surface area contributed by atoms with E-state index in [2.05, 4.69) is 17.0 Å². The van der Waals surface area contributed by atoms with E-state index in [9.17, 15) is 9.59 Å². The summed E-state index contributed by atoms with van der Waals surface area (Å²) in [7, 11) is 1.67. The quantitative estimate of drug-likeness (QED) is 0.799. The van der Waals surface area contributed by atoms with E-state index >= 15 is 0 Å². The summed E-state index contributed by atoms with van der Waals surface area (Å²) in [5.41, 5.74) is 0.711. The molecule has 0 bridgehead atoms. The van der Waals surface area contributed by atoms with Crippen molar-refractivity contribution in [3.63, 3.8) is 0 Å². The maximum atomic E-state index is 12.3. The number of rotatable bonds is 4. The number of fused-ring (bicyclic) bond motifs is 2. The number of piperazine rings is 1. The third-order valence-electron chi connectivity index (χ3n) is 6.32. The second-order valence-electron chi connectivity index (χ2n) is 8.19. The number of nitrogens with zero attached hydrogens (tertiary/aromatic N) is 3. The van der Waals surface area contributed by atoms with Gasteiger partial charge in [-0.2, -0.15) is 0 Å². The van der Waals surface area contributed by atoms with Crippen molar-refractivity contribution in [3.05, 3.63) is 29.8 Å². The van der Waals surface area contributed by atoms with Crippen LogP contribution in [0.2, 0.25) is 0 Å². The van der Waals surface area contributed by atoms with Crippen LogP contribution in [-0.4, -0.2) is 78.2 Å². The van der Waals surface area contributed by atoms with Gasteiger partial charge in [0.2, 0.25) is 5.91 Å². The second-order valence-corrected chi connectivity index (χ2v) is 8.19. The van der Waals surface area contributed by atoms with Crippen molar-refractivity contribution >= 4 is 12.0 Å².